The molecule has 0 bridgehead atoms. The molecule has 1 unspecified atom stereocenters. The maximum atomic E-state index is 12.8. The summed E-state index contributed by atoms with van der Waals surface area (Å²) in [5, 5.41) is 0. The van der Waals surface area contributed by atoms with E-state index in [4.69, 9.17) is 14.2 Å². The van der Waals surface area contributed by atoms with Gasteiger partial charge in [-0.3, -0.25) is 14.4 Å². The molecule has 6 heteroatoms. The molecule has 63 heavy (non-hydrogen) atoms. The maximum Gasteiger partial charge on any atom is 0.306 e. The zero-order valence-corrected chi connectivity index (χ0v) is 42.9. The summed E-state index contributed by atoms with van der Waals surface area (Å²) in [4.78, 5) is 37.9. The fraction of sp³-hybridized carbons (Fsp3) is 0.947. The van der Waals surface area contributed by atoms with E-state index in [2.05, 4.69) is 20.8 Å². The van der Waals surface area contributed by atoms with Crippen molar-refractivity contribution in [1.82, 2.24) is 0 Å². The summed E-state index contributed by atoms with van der Waals surface area (Å²) in [6.07, 6.45) is 58.3. The summed E-state index contributed by atoms with van der Waals surface area (Å²) < 4.78 is 16.8. The van der Waals surface area contributed by atoms with E-state index in [0.717, 1.165) is 57.8 Å². The predicted octanol–water partition coefficient (Wildman–Crippen LogP) is 18.8. The molecule has 0 saturated heterocycles. The van der Waals surface area contributed by atoms with E-state index in [0.29, 0.717) is 19.3 Å². The summed E-state index contributed by atoms with van der Waals surface area (Å²) in [7, 11) is 0. The van der Waals surface area contributed by atoms with Crippen molar-refractivity contribution in [2.75, 3.05) is 13.2 Å². The predicted molar refractivity (Wildman–Crippen MR) is 270 cm³/mol. The number of esters is 3. The molecule has 0 aromatic rings. The average molecular weight is 892 g/mol. The molecule has 0 fully saturated rings. The number of unbranched alkanes of at least 4 members (excludes halogenated alkanes) is 42. The van der Waals surface area contributed by atoms with E-state index in [1.54, 1.807) is 0 Å². The zero-order chi connectivity index (χ0) is 45.8. The number of carbonyl (C=O) groups excluding carboxylic acids is 3. The summed E-state index contributed by atoms with van der Waals surface area (Å²) in [5.74, 6) is -0.843. The highest BCUT2D eigenvalue weighted by molar-refractivity contribution is 5.71. The molecule has 0 amide bonds. The first kappa shape index (κ1) is 61.4. The van der Waals surface area contributed by atoms with Crippen molar-refractivity contribution >= 4 is 17.9 Å². The normalized spacial score (nSPS) is 11.9. The van der Waals surface area contributed by atoms with Crippen LogP contribution in [0.15, 0.2) is 0 Å². The van der Waals surface area contributed by atoms with Crippen LogP contribution in [0.5, 0.6) is 0 Å². The second-order valence-electron chi connectivity index (χ2n) is 19.6. The fourth-order valence-electron chi connectivity index (χ4n) is 8.80. The van der Waals surface area contributed by atoms with Crippen molar-refractivity contribution in [3.05, 3.63) is 0 Å². The fourth-order valence-corrected chi connectivity index (χ4v) is 8.80. The Kier molecular flexibility index (Phi) is 51.7. The molecule has 0 aromatic heterocycles. The first-order chi connectivity index (χ1) is 31.0. The molecule has 1 atom stereocenters. The van der Waals surface area contributed by atoms with Crippen LogP contribution in [-0.4, -0.2) is 37.2 Å². The Bertz CT molecular complexity index is 936. The smallest absolute Gasteiger partial charge is 0.306 e. The highest BCUT2D eigenvalue weighted by Gasteiger charge is 2.19. The monoisotopic (exact) mass is 891 g/mol. The Labute approximate surface area is 393 Å². The SMILES string of the molecule is CCCCCCCCCCCCCCCCCCCCCC(=O)OCC(COC(=O)CCCCCCCCC)OC(=O)CCCCCCCCCCCCCCCCCCCCC. The average Bonchev–Trinajstić information content (AvgIpc) is 3.28. The Balaban J connectivity index is 4.13. The largest absolute Gasteiger partial charge is 0.462 e. The van der Waals surface area contributed by atoms with Gasteiger partial charge in [-0.1, -0.05) is 290 Å². The number of hydrogen-bond donors (Lipinski definition) is 0. The maximum absolute atomic E-state index is 12.8. The topological polar surface area (TPSA) is 78.9 Å². The molecular weight excluding hydrogens is 781 g/mol. The third kappa shape index (κ3) is 51.3. The van der Waals surface area contributed by atoms with Crippen LogP contribution in [0.3, 0.4) is 0 Å². The molecule has 0 aliphatic heterocycles. The number of rotatable bonds is 53. The van der Waals surface area contributed by atoms with Gasteiger partial charge >= 0.3 is 17.9 Å². The van der Waals surface area contributed by atoms with E-state index in [9.17, 15) is 14.4 Å². The zero-order valence-electron chi connectivity index (χ0n) is 42.9. The van der Waals surface area contributed by atoms with Crippen LogP contribution in [-0.2, 0) is 28.6 Å². The molecule has 0 spiro atoms. The van der Waals surface area contributed by atoms with Crippen LogP contribution in [0.1, 0.15) is 329 Å². The Morgan fingerprint density at radius 3 is 0.635 bits per heavy atom. The standard InChI is InChI=1S/C57H110O6/c1-4-7-10-13-16-18-20-22-24-26-28-30-32-34-36-38-41-44-47-50-56(59)62-53-54(52-61-55(58)49-46-43-40-15-12-9-6-3)63-57(60)51-48-45-42-39-37-35-33-31-29-27-25-23-21-19-17-14-11-8-5-2/h54H,4-53H2,1-3H3. The quantitative estimate of drug-likeness (QED) is 0.0344. The van der Waals surface area contributed by atoms with Crippen LogP contribution in [0.25, 0.3) is 0 Å². The molecule has 0 rings (SSSR count). The molecule has 0 aromatic carbocycles. The van der Waals surface area contributed by atoms with Gasteiger partial charge in [0.15, 0.2) is 6.10 Å². The highest BCUT2D eigenvalue weighted by atomic mass is 16.6. The van der Waals surface area contributed by atoms with Gasteiger partial charge in [-0.25, -0.2) is 0 Å². The minimum absolute atomic E-state index is 0.0619. The lowest BCUT2D eigenvalue weighted by Crippen LogP contribution is -2.30. The van der Waals surface area contributed by atoms with Crippen molar-refractivity contribution < 1.29 is 28.6 Å². The van der Waals surface area contributed by atoms with Gasteiger partial charge in [0.1, 0.15) is 13.2 Å². The summed E-state index contributed by atoms with van der Waals surface area (Å²) >= 11 is 0. The van der Waals surface area contributed by atoms with Gasteiger partial charge in [-0.15, -0.1) is 0 Å². The van der Waals surface area contributed by atoms with Gasteiger partial charge in [0.25, 0.3) is 0 Å². The van der Waals surface area contributed by atoms with Crippen LogP contribution in [0.4, 0.5) is 0 Å². The Morgan fingerprint density at radius 2 is 0.429 bits per heavy atom. The molecule has 374 valence electrons. The van der Waals surface area contributed by atoms with Gasteiger partial charge in [0, 0.05) is 19.3 Å². The third-order valence-electron chi connectivity index (χ3n) is 13.1. The van der Waals surface area contributed by atoms with E-state index >= 15 is 0 Å². The number of hydrogen-bond acceptors (Lipinski definition) is 6. The van der Waals surface area contributed by atoms with Gasteiger partial charge in [0.2, 0.25) is 0 Å². The van der Waals surface area contributed by atoms with Crippen LogP contribution < -0.4 is 0 Å². The molecule has 6 nitrogen and oxygen atoms in total. The van der Waals surface area contributed by atoms with E-state index < -0.39 is 6.10 Å². The van der Waals surface area contributed by atoms with Crippen molar-refractivity contribution in [3.63, 3.8) is 0 Å². The third-order valence-corrected chi connectivity index (χ3v) is 13.1. The van der Waals surface area contributed by atoms with Gasteiger partial charge < -0.3 is 14.2 Å². The molecule has 0 aliphatic rings. The molecular formula is C57H110O6. The number of carbonyl (C=O) groups is 3. The van der Waals surface area contributed by atoms with E-state index in [-0.39, 0.29) is 31.1 Å². The van der Waals surface area contributed by atoms with E-state index in [1.165, 1.54) is 231 Å². The second kappa shape index (κ2) is 53.0. The van der Waals surface area contributed by atoms with E-state index in [1.807, 2.05) is 0 Å². The molecule has 0 N–H and O–H groups in total. The molecule has 0 aliphatic carbocycles. The summed E-state index contributed by atoms with van der Waals surface area (Å²) in [6, 6.07) is 0. The first-order valence-corrected chi connectivity index (χ1v) is 28.5. The van der Waals surface area contributed by atoms with Crippen LogP contribution in [0.2, 0.25) is 0 Å². The van der Waals surface area contributed by atoms with Crippen LogP contribution >= 0.6 is 0 Å². The van der Waals surface area contributed by atoms with Gasteiger partial charge in [-0.05, 0) is 19.3 Å². The Hall–Kier alpha value is -1.59. The van der Waals surface area contributed by atoms with Crippen molar-refractivity contribution in [2.45, 2.75) is 335 Å². The molecule has 0 radical (unpaired) electrons. The van der Waals surface area contributed by atoms with Gasteiger partial charge in [-0.2, -0.15) is 0 Å². The van der Waals surface area contributed by atoms with Crippen LogP contribution in [0, 0.1) is 0 Å². The lowest BCUT2D eigenvalue weighted by Gasteiger charge is -2.18. The first-order valence-electron chi connectivity index (χ1n) is 28.5. The minimum atomic E-state index is -0.759. The van der Waals surface area contributed by atoms with Crippen molar-refractivity contribution in [1.29, 1.82) is 0 Å². The second-order valence-corrected chi connectivity index (χ2v) is 19.6. The Morgan fingerprint density at radius 1 is 0.254 bits per heavy atom. The highest BCUT2D eigenvalue weighted by Crippen LogP contribution is 2.18. The number of ether oxygens (including phenoxy) is 3. The van der Waals surface area contributed by atoms with Crippen molar-refractivity contribution in [2.24, 2.45) is 0 Å². The van der Waals surface area contributed by atoms with Crippen molar-refractivity contribution in [3.8, 4) is 0 Å². The summed E-state index contributed by atoms with van der Waals surface area (Å²) in [5.41, 5.74) is 0. The lowest BCUT2D eigenvalue weighted by atomic mass is 10.0. The molecule has 0 heterocycles. The summed E-state index contributed by atoms with van der Waals surface area (Å²) in [6.45, 7) is 6.66. The lowest BCUT2D eigenvalue weighted by molar-refractivity contribution is -0.167. The minimum Gasteiger partial charge on any atom is -0.462 e. The molecule has 0 saturated carbocycles. The van der Waals surface area contributed by atoms with Gasteiger partial charge in [0.05, 0.1) is 0 Å².